The van der Waals surface area contributed by atoms with Crippen LogP contribution in [0.5, 0.6) is 11.5 Å². The molecule has 0 bridgehead atoms. The number of para-hydroxylation sites is 1. The SMILES string of the molecule is CNC(c1ccncc1F)c1cccc2c1OCCO2. The highest BCUT2D eigenvalue weighted by molar-refractivity contribution is 5.51. The van der Waals surface area contributed by atoms with Gasteiger partial charge in [-0.3, -0.25) is 4.98 Å². The summed E-state index contributed by atoms with van der Waals surface area (Å²) in [5.41, 5.74) is 1.39. The van der Waals surface area contributed by atoms with Crippen molar-refractivity contribution in [3.8, 4) is 11.5 Å². The van der Waals surface area contributed by atoms with E-state index in [1.165, 1.54) is 6.20 Å². The van der Waals surface area contributed by atoms with Crippen molar-refractivity contribution in [2.45, 2.75) is 6.04 Å². The highest BCUT2D eigenvalue weighted by Crippen LogP contribution is 2.39. The number of nitrogens with zero attached hydrogens (tertiary/aromatic N) is 1. The van der Waals surface area contributed by atoms with Crippen LogP contribution in [0, 0.1) is 5.82 Å². The van der Waals surface area contributed by atoms with E-state index in [0.29, 0.717) is 30.3 Å². The lowest BCUT2D eigenvalue weighted by Crippen LogP contribution is -2.23. The number of nitrogens with one attached hydrogen (secondary N) is 1. The summed E-state index contributed by atoms with van der Waals surface area (Å²) in [5.74, 6) is 1.03. The van der Waals surface area contributed by atoms with Crippen LogP contribution in [0.4, 0.5) is 4.39 Å². The fourth-order valence-corrected chi connectivity index (χ4v) is 2.42. The third-order valence-electron chi connectivity index (χ3n) is 3.31. The molecule has 4 nitrogen and oxygen atoms in total. The van der Waals surface area contributed by atoms with Crippen LogP contribution in [-0.2, 0) is 0 Å². The Hall–Kier alpha value is -2.14. The summed E-state index contributed by atoms with van der Waals surface area (Å²) < 4.78 is 25.2. The number of halogens is 1. The van der Waals surface area contributed by atoms with Crippen molar-refractivity contribution in [2.75, 3.05) is 20.3 Å². The van der Waals surface area contributed by atoms with Gasteiger partial charge in [0.05, 0.1) is 12.2 Å². The first kappa shape index (κ1) is 12.9. The fraction of sp³-hybridized carbons (Fsp3) is 0.267. The number of hydrogen-bond acceptors (Lipinski definition) is 4. The molecule has 0 radical (unpaired) electrons. The largest absolute Gasteiger partial charge is 0.486 e. The molecule has 3 rings (SSSR count). The smallest absolute Gasteiger partial charge is 0.166 e. The lowest BCUT2D eigenvalue weighted by molar-refractivity contribution is 0.169. The third-order valence-corrected chi connectivity index (χ3v) is 3.31. The van der Waals surface area contributed by atoms with E-state index in [1.807, 2.05) is 18.2 Å². The van der Waals surface area contributed by atoms with Gasteiger partial charge >= 0.3 is 0 Å². The van der Waals surface area contributed by atoms with Crippen LogP contribution >= 0.6 is 0 Å². The molecule has 20 heavy (non-hydrogen) atoms. The van der Waals surface area contributed by atoms with Gasteiger partial charge in [0.15, 0.2) is 11.5 Å². The van der Waals surface area contributed by atoms with Crippen LogP contribution in [0.15, 0.2) is 36.7 Å². The molecule has 1 aromatic carbocycles. The van der Waals surface area contributed by atoms with E-state index in [4.69, 9.17) is 9.47 Å². The van der Waals surface area contributed by atoms with Crippen molar-refractivity contribution in [3.05, 3.63) is 53.6 Å². The lowest BCUT2D eigenvalue weighted by Gasteiger charge is -2.25. The number of ether oxygens (including phenoxy) is 2. The van der Waals surface area contributed by atoms with Crippen molar-refractivity contribution in [2.24, 2.45) is 0 Å². The van der Waals surface area contributed by atoms with Gasteiger partial charge in [-0.2, -0.15) is 0 Å². The van der Waals surface area contributed by atoms with E-state index in [1.54, 1.807) is 19.3 Å². The Kier molecular flexibility index (Phi) is 3.52. The first-order valence-electron chi connectivity index (χ1n) is 6.46. The maximum Gasteiger partial charge on any atom is 0.166 e. The molecule has 0 aliphatic carbocycles. The second-order valence-electron chi connectivity index (χ2n) is 4.49. The summed E-state index contributed by atoms with van der Waals surface area (Å²) in [6.07, 6.45) is 2.79. The summed E-state index contributed by atoms with van der Waals surface area (Å²) in [4.78, 5) is 3.78. The summed E-state index contributed by atoms with van der Waals surface area (Å²) in [7, 11) is 1.79. The molecule has 2 aromatic rings. The van der Waals surface area contributed by atoms with E-state index in [-0.39, 0.29) is 11.9 Å². The quantitative estimate of drug-likeness (QED) is 0.932. The van der Waals surface area contributed by atoms with Gasteiger partial charge in [0.25, 0.3) is 0 Å². The molecule has 0 saturated carbocycles. The van der Waals surface area contributed by atoms with Gasteiger partial charge in [-0.1, -0.05) is 12.1 Å². The highest BCUT2D eigenvalue weighted by atomic mass is 19.1. The minimum atomic E-state index is -0.346. The normalized spacial score (nSPS) is 14.9. The van der Waals surface area contributed by atoms with Crippen molar-refractivity contribution in [1.82, 2.24) is 10.3 Å². The standard InChI is InChI=1S/C15H15FN2O2/c1-17-14(10-5-6-18-9-12(10)16)11-3-2-4-13-15(11)20-8-7-19-13/h2-6,9,14,17H,7-8H2,1H3. The Morgan fingerprint density at radius 3 is 2.85 bits per heavy atom. The van der Waals surface area contributed by atoms with Gasteiger partial charge in [-0.05, 0) is 19.2 Å². The van der Waals surface area contributed by atoms with Gasteiger partial charge in [-0.25, -0.2) is 4.39 Å². The van der Waals surface area contributed by atoms with E-state index < -0.39 is 0 Å². The van der Waals surface area contributed by atoms with Gasteiger partial charge < -0.3 is 14.8 Å². The second-order valence-corrected chi connectivity index (χ2v) is 4.49. The average molecular weight is 274 g/mol. The molecule has 1 aliphatic heterocycles. The molecule has 1 aliphatic rings. The summed E-state index contributed by atoms with van der Waals surface area (Å²) in [6.45, 7) is 1.03. The number of benzene rings is 1. The molecule has 1 atom stereocenters. The van der Waals surface area contributed by atoms with Crippen molar-refractivity contribution >= 4 is 0 Å². The van der Waals surface area contributed by atoms with E-state index in [0.717, 1.165) is 5.56 Å². The topological polar surface area (TPSA) is 43.4 Å². The maximum atomic E-state index is 14.0. The minimum absolute atomic E-state index is 0.311. The Bertz CT molecular complexity index is 619. The van der Waals surface area contributed by atoms with Crippen LogP contribution in [-0.4, -0.2) is 25.2 Å². The Labute approximate surface area is 116 Å². The average Bonchev–Trinajstić information content (AvgIpc) is 2.50. The minimum Gasteiger partial charge on any atom is -0.486 e. The van der Waals surface area contributed by atoms with Gasteiger partial charge in [0.2, 0.25) is 0 Å². The lowest BCUT2D eigenvalue weighted by atomic mass is 9.98. The zero-order chi connectivity index (χ0) is 13.9. The molecule has 0 amide bonds. The molecule has 1 aromatic heterocycles. The van der Waals surface area contributed by atoms with E-state index in [9.17, 15) is 4.39 Å². The molecule has 5 heteroatoms. The van der Waals surface area contributed by atoms with Gasteiger partial charge in [0.1, 0.15) is 19.0 Å². The predicted molar refractivity (Wildman–Crippen MR) is 72.5 cm³/mol. The Morgan fingerprint density at radius 1 is 1.20 bits per heavy atom. The molecular formula is C15H15FN2O2. The second kappa shape index (κ2) is 5.46. The van der Waals surface area contributed by atoms with Crippen LogP contribution in [0.25, 0.3) is 0 Å². The first-order chi connectivity index (χ1) is 9.81. The van der Waals surface area contributed by atoms with Crippen molar-refractivity contribution in [3.63, 3.8) is 0 Å². The summed E-state index contributed by atoms with van der Waals surface area (Å²) in [6, 6.07) is 7.00. The van der Waals surface area contributed by atoms with Crippen LogP contribution in [0.2, 0.25) is 0 Å². The number of aromatic nitrogens is 1. The van der Waals surface area contributed by atoms with E-state index in [2.05, 4.69) is 10.3 Å². The molecule has 0 fully saturated rings. The number of fused-ring (bicyclic) bond motifs is 1. The third kappa shape index (κ3) is 2.20. The Morgan fingerprint density at radius 2 is 2.05 bits per heavy atom. The van der Waals surface area contributed by atoms with Crippen molar-refractivity contribution in [1.29, 1.82) is 0 Å². The first-order valence-corrected chi connectivity index (χ1v) is 6.46. The molecule has 0 spiro atoms. The van der Waals surface area contributed by atoms with Crippen LogP contribution < -0.4 is 14.8 Å². The zero-order valence-corrected chi connectivity index (χ0v) is 11.1. The maximum absolute atomic E-state index is 14.0. The zero-order valence-electron chi connectivity index (χ0n) is 11.1. The van der Waals surface area contributed by atoms with E-state index >= 15 is 0 Å². The Balaban J connectivity index is 2.09. The van der Waals surface area contributed by atoms with Crippen molar-refractivity contribution < 1.29 is 13.9 Å². The van der Waals surface area contributed by atoms with Crippen LogP contribution in [0.1, 0.15) is 17.2 Å². The number of hydrogen-bond donors (Lipinski definition) is 1. The van der Waals surface area contributed by atoms with Crippen LogP contribution in [0.3, 0.4) is 0 Å². The molecule has 1 unspecified atom stereocenters. The number of pyridine rings is 1. The fourth-order valence-electron chi connectivity index (χ4n) is 2.42. The van der Waals surface area contributed by atoms with Gasteiger partial charge in [-0.15, -0.1) is 0 Å². The predicted octanol–water partition coefficient (Wildman–Crippen LogP) is 2.30. The summed E-state index contributed by atoms with van der Waals surface area (Å²) >= 11 is 0. The molecular weight excluding hydrogens is 259 g/mol. The molecule has 0 saturated heterocycles. The van der Waals surface area contributed by atoms with Gasteiger partial charge in [0, 0.05) is 17.3 Å². The molecule has 104 valence electrons. The molecule has 2 heterocycles. The molecule has 1 N–H and O–H groups in total. The monoisotopic (exact) mass is 274 g/mol. The number of rotatable bonds is 3. The highest BCUT2D eigenvalue weighted by Gasteiger charge is 2.24. The summed E-state index contributed by atoms with van der Waals surface area (Å²) in [5, 5.41) is 3.12.